The SMILES string of the molecule is CC1CN=C(NC2CC2c2c(F)cccc2F)N1.I. The fraction of sp³-hybridized carbons (Fsp3) is 0.462. The molecule has 3 atom stereocenters. The number of nitrogens with one attached hydrogen (secondary N) is 2. The molecule has 6 heteroatoms. The highest BCUT2D eigenvalue weighted by molar-refractivity contribution is 14.0. The van der Waals surface area contributed by atoms with Gasteiger partial charge in [0, 0.05) is 23.6 Å². The zero-order chi connectivity index (χ0) is 12.7. The molecule has 0 bridgehead atoms. The third-order valence-corrected chi connectivity index (χ3v) is 3.39. The number of halogens is 3. The zero-order valence-corrected chi connectivity index (χ0v) is 12.8. The Bertz CT molecular complexity index is 486. The molecule has 2 N–H and O–H groups in total. The van der Waals surface area contributed by atoms with Crippen LogP contribution in [0.15, 0.2) is 23.2 Å². The minimum atomic E-state index is -0.459. The summed E-state index contributed by atoms with van der Waals surface area (Å²) in [6.45, 7) is 2.78. The highest BCUT2D eigenvalue weighted by Crippen LogP contribution is 2.43. The van der Waals surface area contributed by atoms with Gasteiger partial charge in [0.25, 0.3) is 0 Å². The van der Waals surface area contributed by atoms with Crippen LogP contribution in [0.5, 0.6) is 0 Å². The van der Waals surface area contributed by atoms with Crippen LogP contribution in [0, 0.1) is 11.6 Å². The molecule has 0 saturated heterocycles. The van der Waals surface area contributed by atoms with Crippen molar-refractivity contribution in [1.29, 1.82) is 0 Å². The minimum Gasteiger partial charge on any atom is -0.353 e. The van der Waals surface area contributed by atoms with Crippen molar-refractivity contribution in [2.24, 2.45) is 4.99 Å². The first-order chi connectivity index (χ1) is 8.65. The first-order valence-corrected chi connectivity index (χ1v) is 6.16. The lowest BCUT2D eigenvalue weighted by molar-refractivity contribution is 0.553. The van der Waals surface area contributed by atoms with Gasteiger partial charge in [0.05, 0.1) is 6.54 Å². The van der Waals surface area contributed by atoms with Gasteiger partial charge in [-0.05, 0) is 25.5 Å². The fourth-order valence-electron chi connectivity index (χ4n) is 2.35. The van der Waals surface area contributed by atoms with Crippen molar-refractivity contribution in [3.63, 3.8) is 0 Å². The van der Waals surface area contributed by atoms with Gasteiger partial charge in [-0.3, -0.25) is 4.99 Å². The summed E-state index contributed by atoms with van der Waals surface area (Å²) in [5.74, 6) is -0.267. The molecule has 1 fully saturated rings. The van der Waals surface area contributed by atoms with Crippen molar-refractivity contribution in [1.82, 2.24) is 10.6 Å². The molecular formula is C13H16F2IN3. The van der Waals surface area contributed by atoms with Gasteiger partial charge in [0.2, 0.25) is 0 Å². The van der Waals surface area contributed by atoms with E-state index < -0.39 is 11.6 Å². The van der Waals surface area contributed by atoms with E-state index in [0.717, 1.165) is 18.9 Å². The van der Waals surface area contributed by atoms with Crippen LogP contribution in [-0.2, 0) is 0 Å². The van der Waals surface area contributed by atoms with Gasteiger partial charge < -0.3 is 10.6 Å². The molecule has 3 rings (SSSR count). The van der Waals surface area contributed by atoms with E-state index in [9.17, 15) is 8.78 Å². The molecule has 3 unspecified atom stereocenters. The lowest BCUT2D eigenvalue weighted by Crippen LogP contribution is -2.39. The van der Waals surface area contributed by atoms with Gasteiger partial charge in [-0.15, -0.1) is 24.0 Å². The number of aliphatic imine (C=N–C) groups is 1. The molecule has 1 aromatic carbocycles. The van der Waals surface area contributed by atoms with Gasteiger partial charge >= 0.3 is 0 Å². The highest BCUT2D eigenvalue weighted by Gasteiger charge is 2.42. The standard InChI is InChI=1S/C13H15F2N3.HI/c1-7-6-16-13(17-7)18-11-5-8(11)12-9(14)3-2-4-10(12)15;/h2-4,7-8,11H,5-6H2,1H3,(H2,16,17,18);1H. The van der Waals surface area contributed by atoms with Gasteiger partial charge in [0.15, 0.2) is 5.96 Å². The van der Waals surface area contributed by atoms with Crippen LogP contribution >= 0.6 is 24.0 Å². The predicted molar refractivity (Wildman–Crippen MR) is 81.0 cm³/mol. The summed E-state index contributed by atoms with van der Waals surface area (Å²) in [7, 11) is 0. The van der Waals surface area contributed by atoms with Crippen LogP contribution in [0.1, 0.15) is 24.8 Å². The van der Waals surface area contributed by atoms with Gasteiger partial charge in [0.1, 0.15) is 11.6 Å². The predicted octanol–water partition coefficient (Wildman–Crippen LogP) is 2.38. The van der Waals surface area contributed by atoms with Gasteiger partial charge in [-0.2, -0.15) is 0 Å². The summed E-state index contributed by atoms with van der Waals surface area (Å²) in [6, 6.07) is 4.41. The fourth-order valence-corrected chi connectivity index (χ4v) is 2.35. The maximum absolute atomic E-state index is 13.6. The van der Waals surface area contributed by atoms with E-state index in [1.807, 2.05) is 6.92 Å². The average molecular weight is 379 g/mol. The molecule has 2 aliphatic rings. The maximum Gasteiger partial charge on any atom is 0.191 e. The summed E-state index contributed by atoms with van der Waals surface area (Å²) in [6.07, 6.45) is 0.743. The van der Waals surface area contributed by atoms with E-state index in [1.165, 1.54) is 18.2 Å². The van der Waals surface area contributed by atoms with Crippen molar-refractivity contribution in [3.8, 4) is 0 Å². The number of guanidine groups is 1. The van der Waals surface area contributed by atoms with Crippen LogP contribution < -0.4 is 10.6 Å². The topological polar surface area (TPSA) is 36.4 Å². The zero-order valence-electron chi connectivity index (χ0n) is 10.5. The molecule has 0 amide bonds. The van der Waals surface area contributed by atoms with Crippen LogP contribution in [0.4, 0.5) is 8.78 Å². The Morgan fingerprint density at radius 2 is 2.00 bits per heavy atom. The third-order valence-electron chi connectivity index (χ3n) is 3.39. The Morgan fingerprint density at radius 1 is 1.32 bits per heavy atom. The lowest BCUT2D eigenvalue weighted by Gasteiger charge is -2.09. The van der Waals surface area contributed by atoms with Crippen LogP contribution in [0.25, 0.3) is 0 Å². The number of rotatable bonds is 2. The van der Waals surface area contributed by atoms with Gasteiger partial charge in [-0.25, -0.2) is 8.78 Å². The second-order valence-electron chi connectivity index (χ2n) is 4.96. The number of benzene rings is 1. The number of hydrogen-bond donors (Lipinski definition) is 2. The Hall–Kier alpha value is -0.920. The molecule has 1 aliphatic heterocycles. The highest BCUT2D eigenvalue weighted by atomic mass is 127. The Morgan fingerprint density at radius 3 is 2.58 bits per heavy atom. The van der Waals surface area contributed by atoms with Crippen molar-refractivity contribution in [2.45, 2.75) is 31.3 Å². The summed E-state index contributed by atoms with van der Waals surface area (Å²) < 4.78 is 27.2. The summed E-state index contributed by atoms with van der Waals surface area (Å²) in [4.78, 5) is 4.28. The molecule has 0 radical (unpaired) electrons. The van der Waals surface area contributed by atoms with E-state index in [4.69, 9.17) is 0 Å². The van der Waals surface area contributed by atoms with Crippen molar-refractivity contribution in [3.05, 3.63) is 35.4 Å². The largest absolute Gasteiger partial charge is 0.353 e. The van der Waals surface area contributed by atoms with Crippen LogP contribution in [0.2, 0.25) is 0 Å². The monoisotopic (exact) mass is 379 g/mol. The van der Waals surface area contributed by atoms with Crippen LogP contribution in [0.3, 0.4) is 0 Å². The summed E-state index contributed by atoms with van der Waals surface area (Å²) in [5, 5.41) is 6.37. The molecule has 1 heterocycles. The summed E-state index contributed by atoms with van der Waals surface area (Å²) >= 11 is 0. The van der Waals surface area contributed by atoms with Gasteiger partial charge in [-0.1, -0.05) is 6.07 Å². The van der Waals surface area contributed by atoms with E-state index >= 15 is 0 Å². The minimum absolute atomic E-state index is 0. The molecule has 0 spiro atoms. The molecule has 1 aliphatic carbocycles. The lowest BCUT2D eigenvalue weighted by atomic mass is 10.1. The Kier molecular flexibility index (Phi) is 4.27. The Labute approximate surface area is 127 Å². The second-order valence-corrected chi connectivity index (χ2v) is 4.96. The molecule has 3 nitrogen and oxygen atoms in total. The number of hydrogen-bond acceptors (Lipinski definition) is 3. The van der Waals surface area contributed by atoms with E-state index in [2.05, 4.69) is 15.6 Å². The Balaban J connectivity index is 0.00000133. The normalized spacial score (nSPS) is 28.2. The molecule has 19 heavy (non-hydrogen) atoms. The second kappa shape index (κ2) is 5.60. The smallest absolute Gasteiger partial charge is 0.191 e. The first-order valence-electron chi connectivity index (χ1n) is 6.16. The molecule has 1 aromatic rings. The first kappa shape index (κ1) is 14.5. The number of nitrogens with zero attached hydrogens (tertiary/aromatic N) is 1. The average Bonchev–Trinajstić information content (AvgIpc) is 2.92. The maximum atomic E-state index is 13.6. The summed E-state index contributed by atoms with van der Waals surface area (Å²) in [5.41, 5.74) is 0.196. The quantitative estimate of drug-likeness (QED) is 0.775. The third kappa shape index (κ3) is 2.98. The molecule has 0 aromatic heterocycles. The van der Waals surface area contributed by atoms with E-state index in [0.29, 0.717) is 6.04 Å². The van der Waals surface area contributed by atoms with Crippen LogP contribution in [-0.4, -0.2) is 24.6 Å². The van der Waals surface area contributed by atoms with Crippen molar-refractivity contribution in [2.75, 3.05) is 6.54 Å². The molecule has 104 valence electrons. The van der Waals surface area contributed by atoms with Crippen molar-refractivity contribution >= 4 is 29.9 Å². The van der Waals surface area contributed by atoms with Crippen molar-refractivity contribution < 1.29 is 8.78 Å². The van der Waals surface area contributed by atoms with E-state index in [-0.39, 0.29) is 41.5 Å². The molecular weight excluding hydrogens is 363 g/mol. The molecule has 1 saturated carbocycles. The van der Waals surface area contributed by atoms with E-state index in [1.54, 1.807) is 0 Å².